The molecule has 2 aromatic carbocycles. The lowest BCUT2D eigenvalue weighted by Crippen LogP contribution is -2.10. The molecular formula is C21H21ClN4S. The number of nitrogens with zero attached hydrogens (tertiary/aromatic N) is 3. The van der Waals surface area contributed by atoms with Gasteiger partial charge in [0.15, 0.2) is 5.82 Å². The fraction of sp³-hybridized carbons (Fsp3) is 0.190. The van der Waals surface area contributed by atoms with Crippen LogP contribution in [-0.2, 0) is 5.41 Å². The monoisotopic (exact) mass is 396 g/mol. The summed E-state index contributed by atoms with van der Waals surface area (Å²) in [5, 5.41) is 12.0. The van der Waals surface area contributed by atoms with Crippen LogP contribution in [0.1, 0.15) is 31.9 Å². The van der Waals surface area contributed by atoms with Crippen LogP contribution >= 0.6 is 23.8 Å². The first-order chi connectivity index (χ1) is 12.8. The van der Waals surface area contributed by atoms with E-state index in [1.165, 1.54) is 5.56 Å². The minimum atomic E-state index is 0.0944. The molecule has 0 bridgehead atoms. The van der Waals surface area contributed by atoms with Gasteiger partial charge in [-0.25, -0.2) is 5.10 Å². The molecule has 0 unspecified atom stereocenters. The number of benzene rings is 2. The molecule has 27 heavy (non-hydrogen) atoms. The van der Waals surface area contributed by atoms with Gasteiger partial charge in [0, 0.05) is 5.56 Å². The summed E-state index contributed by atoms with van der Waals surface area (Å²) in [5.74, 6) is 0.640. The lowest BCUT2D eigenvalue weighted by Gasteiger charge is -2.18. The molecule has 6 heteroatoms. The van der Waals surface area contributed by atoms with Crippen LogP contribution in [0, 0.1) is 4.77 Å². The summed E-state index contributed by atoms with van der Waals surface area (Å²) in [7, 11) is 0. The predicted molar refractivity (Wildman–Crippen MR) is 116 cm³/mol. The fourth-order valence-corrected chi connectivity index (χ4v) is 2.91. The smallest absolute Gasteiger partial charge is 0.216 e. The van der Waals surface area contributed by atoms with Crippen molar-refractivity contribution in [2.45, 2.75) is 26.2 Å². The van der Waals surface area contributed by atoms with Gasteiger partial charge in [0.25, 0.3) is 0 Å². The highest BCUT2D eigenvalue weighted by atomic mass is 35.5. The summed E-state index contributed by atoms with van der Waals surface area (Å²) < 4.78 is 1.98. The van der Waals surface area contributed by atoms with E-state index in [1.54, 1.807) is 10.9 Å². The number of H-pyrrole nitrogens is 1. The molecule has 0 aliphatic heterocycles. The number of hydrogen-bond donors (Lipinski definition) is 1. The summed E-state index contributed by atoms with van der Waals surface area (Å²) in [4.78, 5) is 0. The van der Waals surface area contributed by atoms with Gasteiger partial charge in [-0.2, -0.15) is 14.9 Å². The Kier molecular flexibility index (Phi) is 5.73. The summed E-state index contributed by atoms with van der Waals surface area (Å²) in [6.07, 6.45) is 3.40. The predicted octanol–water partition coefficient (Wildman–Crippen LogP) is 6.02. The zero-order valence-corrected chi connectivity index (χ0v) is 17.1. The number of allylic oxidation sites excluding steroid dienone is 1. The Morgan fingerprint density at radius 2 is 1.78 bits per heavy atom. The molecule has 0 aliphatic rings. The van der Waals surface area contributed by atoms with Crippen molar-refractivity contribution >= 4 is 36.1 Å². The molecule has 138 valence electrons. The molecule has 3 aromatic rings. The van der Waals surface area contributed by atoms with Gasteiger partial charge in [0.05, 0.1) is 11.2 Å². The third-order valence-electron chi connectivity index (χ3n) is 4.06. The van der Waals surface area contributed by atoms with Crippen molar-refractivity contribution < 1.29 is 0 Å². The quantitative estimate of drug-likeness (QED) is 0.433. The molecule has 3 rings (SSSR count). The van der Waals surface area contributed by atoms with E-state index < -0.39 is 0 Å². The standard InChI is InChI=1S/C21H21ClN4S/c1-21(2,3)17-11-9-16(10-12-17)19-24-25-20(27)26(19)23-14-18(22)13-15-7-5-4-6-8-15/h4-14H,1-3H3,(H,25,27)/b18-13+,23-14-. The zero-order chi connectivity index (χ0) is 19.4. The van der Waals surface area contributed by atoms with E-state index in [9.17, 15) is 0 Å². The average molecular weight is 397 g/mol. The highest BCUT2D eigenvalue weighted by Crippen LogP contribution is 2.25. The van der Waals surface area contributed by atoms with Crippen molar-refractivity contribution in [1.82, 2.24) is 14.9 Å². The molecule has 0 atom stereocenters. The van der Waals surface area contributed by atoms with Crippen molar-refractivity contribution in [2.24, 2.45) is 5.10 Å². The van der Waals surface area contributed by atoms with Crippen molar-refractivity contribution in [1.29, 1.82) is 0 Å². The second kappa shape index (κ2) is 8.03. The van der Waals surface area contributed by atoms with E-state index in [4.69, 9.17) is 23.8 Å². The molecule has 4 nitrogen and oxygen atoms in total. The summed E-state index contributed by atoms with van der Waals surface area (Å²) in [5.41, 5.74) is 3.28. The van der Waals surface area contributed by atoms with Crippen molar-refractivity contribution in [2.75, 3.05) is 0 Å². The second-order valence-electron chi connectivity index (χ2n) is 7.18. The molecular weight excluding hydrogens is 376 g/mol. The molecule has 0 radical (unpaired) electrons. The Balaban J connectivity index is 1.89. The normalized spacial score (nSPS) is 12.7. The molecule has 1 heterocycles. The van der Waals surface area contributed by atoms with E-state index in [-0.39, 0.29) is 5.41 Å². The van der Waals surface area contributed by atoms with Crippen LogP contribution in [0.4, 0.5) is 0 Å². The van der Waals surface area contributed by atoms with Gasteiger partial charge < -0.3 is 0 Å². The molecule has 1 aromatic heterocycles. The van der Waals surface area contributed by atoms with E-state index in [1.807, 2.05) is 48.5 Å². The molecule has 0 amide bonds. The first-order valence-corrected chi connectivity index (χ1v) is 9.38. The van der Waals surface area contributed by atoms with Crippen LogP contribution < -0.4 is 0 Å². The van der Waals surface area contributed by atoms with Gasteiger partial charge in [-0.05, 0) is 34.8 Å². The first-order valence-electron chi connectivity index (χ1n) is 8.59. The fourth-order valence-electron chi connectivity index (χ4n) is 2.56. The Labute approximate surface area is 169 Å². The van der Waals surface area contributed by atoms with Gasteiger partial charge >= 0.3 is 0 Å². The number of nitrogens with one attached hydrogen (secondary N) is 1. The highest BCUT2D eigenvalue weighted by Gasteiger charge is 2.14. The Morgan fingerprint density at radius 1 is 1.11 bits per heavy atom. The number of hydrogen-bond acceptors (Lipinski definition) is 3. The van der Waals surface area contributed by atoms with Gasteiger partial charge in [-0.15, -0.1) is 0 Å². The first kappa shape index (κ1) is 19.3. The number of halogens is 1. The lowest BCUT2D eigenvalue weighted by atomic mass is 9.87. The number of rotatable bonds is 4. The van der Waals surface area contributed by atoms with Crippen LogP contribution in [0.2, 0.25) is 0 Å². The zero-order valence-electron chi connectivity index (χ0n) is 15.5. The van der Waals surface area contributed by atoms with E-state index in [0.29, 0.717) is 15.6 Å². The minimum absolute atomic E-state index is 0.0944. The largest absolute Gasteiger partial charge is 0.250 e. The maximum absolute atomic E-state index is 6.29. The third-order valence-corrected chi connectivity index (χ3v) is 4.53. The lowest BCUT2D eigenvalue weighted by molar-refractivity contribution is 0.590. The maximum Gasteiger partial charge on any atom is 0.216 e. The van der Waals surface area contributed by atoms with Gasteiger partial charge in [-0.3, -0.25) is 0 Å². The molecule has 0 fully saturated rings. The van der Waals surface area contributed by atoms with Crippen LogP contribution in [0.15, 0.2) is 64.7 Å². The van der Waals surface area contributed by atoms with Crippen LogP contribution in [0.3, 0.4) is 0 Å². The number of aromatic amines is 1. The molecule has 0 spiro atoms. The third kappa shape index (κ3) is 4.81. The van der Waals surface area contributed by atoms with E-state index >= 15 is 0 Å². The Bertz CT molecular complexity index is 1020. The summed E-state index contributed by atoms with van der Waals surface area (Å²) in [6.45, 7) is 6.55. The molecule has 0 saturated heterocycles. The van der Waals surface area contributed by atoms with E-state index in [2.05, 4.69) is 48.2 Å². The number of aromatic nitrogens is 3. The highest BCUT2D eigenvalue weighted by molar-refractivity contribution is 7.71. The van der Waals surface area contributed by atoms with Crippen LogP contribution in [0.25, 0.3) is 17.5 Å². The van der Waals surface area contributed by atoms with Crippen molar-refractivity contribution in [3.63, 3.8) is 0 Å². The topological polar surface area (TPSA) is 46.0 Å². The summed E-state index contributed by atoms with van der Waals surface area (Å²) in [6, 6.07) is 18.1. The van der Waals surface area contributed by atoms with Crippen molar-refractivity contribution in [3.8, 4) is 11.4 Å². The second-order valence-corrected chi connectivity index (χ2v) is 8.00. The van der Waals surface area contributed by atoms with Crippen LogP contribution in [-0.4, -0.2) is 21.1 Å². The minimum Gasteiger partial charge on any atom is -0.250 e. The summed E-state index contributed by atoms with van der Waals surface area (Å²) >= 11 is 11.6. The van der Waals surface area contributed by atoms with Gasteiger partial charge in [-0.1, -0.05) is 87.0 Å². The van der Waals surface area contributed by atoms with Gasteiger partial charge in [0.2, 0.25) is 4.77 Å². The van der Waals surface area contributed by atoms with Crippen molar-refractivity contribution in [3.05, 3.63) is 75.5 Å². The maximum atomic E-state index is 6.29. The molecule has 1 N–H and O–H groups in total. The Hall–Kier alpha value is -2.50. The van der Waals surface area contributed by atoms with E-state index in [0.717, 1.165) is 11.1 Å². The SMILES string of the molecule is CC(C)(C)c1ccc(-c2n[nH]c(=S)n2/N=C\C(Cl)=C/c2ccccc2)cc1. The molecule has 0 saturated carbocycles. The average Bonchev–Trinajstić information content (AvgIpc) is 3.01. The van der Waals surface area contributed by atoms with Crippen LogP contribution in [0.5, 0.6) is 0 Å². The Morgan fingerprint density at radius 3 is 2.41 bits per heavy atom. The molecule has 0 aliphatic carbocycles. The van der Waals surface area contributed by atoms with Gasteiger partial charge in [0.1, 0.15) is 0 Å².